The number of hydrogen-bond acceptors (Lipinski definition) is 6. The number of rotatable bonds is 5. The number of nitrogens with one attached hydrogen (secondary N) is 1. The fourth-order valence-corrected chi connectivity index (χ4v) is 3.44. The first-order valence-electron chi connectivity index (χ1n) is 8.67. The number of nitrogens with zero attached hydrogens (tertiary/aromatic N) is 3. The molecule has 2 amide bonds. The summed E-state index contributed by atoms with van der Waals surface area (Å²) in [5, 5.41) is 6.81. The van der Waals surface area contributed by atoms with Crippen LogP contribution in [0.1, 0.15) is 47.8 Å². The Balaban J connectivity index is 1.57. The van der Waals surface area contributed by atoms with Crippen molar-refractivity contribution in [3.8, 4) is 5.75 Å². The van der Waals surface area contributed by atoms with Crippen molar-refractivity contribution in [3.05, 3.63) is 40.0 Å². The fourth-order valence-electron chi connectivity index (χ4n) is 3.01. The molecule has 1 N–H and O–H groups in total. The van der Waals surface area contributed by atoms with Gasteiger partial charge in [-0.2, -0.15) is 4.98 Å². The maximum atomic E-state index is 12.4. The first kappa shape index (κ1) is 19.3. The molecule has 0 radical (unpaired) electrons. The summed E-state index contributed by atoms with van der Waals surface area (Å²) in [5.74, 6) is 1.57. The van der Waals surface area contributed by atoms with Gasteiger partial charge in [-0.1, -0.05) is 5.16 Å². The van der Waals surface area contributed by atoms with Crippen LogP contribution in [0, 0.1) is 0 Å². The van der Waals surface area contributed by atoms with Crippen molar-refractivity contribution in [1.82, 2.24) is 20.4 Å². The van der Waals surface area contributed by atoms with Crippen molar-refractivity contribution in [2.24, 2.45) is 0 Å². The molecule has 1 aliphatic rings. The monoisotopic (exact) mass is 436 g/mol. The molecule has 0 saturated carbocycles. The van der Waals surface area contributed by atoms with Crippen LogP contribution >= 0.6 is 15.9 Å². The molecule has 27 heavy (non-hydrogen) atoms. The smallest absolute Gasteiger partial charge is 0.252 e. The van der Waals surface area contributed by atoms with E-state index in [1.807, 2.05) is 4.90 Å². The van der Waals surface area contributed by atoms with E-state index in [1.165, 1.54) is 0 Å². The third kappa shape index (κ3) is 4.65. The molecule has 9 heteroatoms. The van der Waals surface area contributed by atoms with Crippen LogP contribution in [0.4, 0.5) is 0 Å². The molecule has 1 saturated heterocycles. The summed E-state index contributed by atoms with van der Waals surface area (Å²) in [5.41, 5.74) is 0.464. The Labute approximate surface area is 165 Å². The highest BCUT2D eigenvalue weighted by Gasteiger charge is 2.25. The largest absolute Gasteiger partial charge is 0.497 e. The van der Waals surface area contributed by atoms with Crippen LogP contribution in [0.5, 0.6) is 5.75 Å². The Morgan fingerprint density at radius 1 is 1.37 bits per heavy atom. The van der Waals surface area contributed by atoms with Crippen molar-refractivity contribution in [3.63, 3.8) is 0 Å². The molecule has 2 heterocycles. The predicted octanol–water partition coefficient (Wildman–Crippen LogP) is 2.50. The van der Waals surface area contributed by atoms with Crippen molar-refractivity contribution in [1.29, 1.82) is 0 Å². The molecule has 1 aromatic carbocycles. The highest BCUT2D eigenvalue weighted by atomic mass is 79.9. The summed E-state index contributed by atoms with van der Waals surface area (Å²) in [6.07, 6.45) is 1.61. The van der Waals surface area contributed by atoms with Crippen LogP contribution in [0.3, 0.4) is 0 Å². The van der Waals surface area contributed by atoms with E-state index >= 15 is 0 Å². The lowest BCUT2D eigenvalue weighted by molar-refractivity contribution is -0.129. The lowest BCUT2D eigenvalue weighted by Crippen LogP contribution is -2.36. The maximum absolute atomic E-state index is 12.4. The van der Waals surface area contributed by atoms with Crippen LogP contribution in [-0.4, -0.2) is 47.1 Å². The molecular weight excluding hydrogens is 416 g/mol. The maximum Gasteiger partial charge on any atom is 0.252 e. The zero-order valence-electron chi connectivity index (χ0n) is 15.2. The summed E-state index contributed by atoms with van der Waals surface area (Å²) < 4.78 is 11.1. The summed E-state index contributed by atoms with van der Waals surface area (Å²) in [6, 6.07) is 5.18. The van der Waals surface area contributed by atoms with Crippen LogP contribution < -0.4 is 10.1 Å². The van der Waals surface area contributed by atoms with Gasteiger partial charge < -0.3 is 19.5 Å². The van der Waals surface area contributed by atoms with Crippen molar-refractivity contribution >= 4 is 27.7 Å². The van der Waals surface area contributed by atoms with Gasteiger partial charge in [0.05, 0.1) is 19.2 Å². The Morgan fingerprint density at radius 2 is 2.11 bits per heavy atom. The summed E-state index contributed by atoms with van der Waals surface area (Å²) >= 11 is 3.36. The molecular formula is C18H21BrN4O4. The van der Waals surface area contributed by atoms with Gasteiger partial charge in [0.15, 0.2) is 5.82 Å². The van der Waals surface area contributed by atoms with Gasteiger partial charge in [-0.25, -0.2) is 0 Å². The Kier molecular flexibility index (Phi) is 6.10. The summed E-state index contributed by atoms with van der Waals surface area (Å²) in [4.78, 5) is 30.0. The number of methoxy groups -OCH3 is 1. The normalized spacial score (nSPS) is 14.9. The van der Waals surface area contributed by atoms with E-state index in [0.717, 1.165) is 12.8 Å². The molecule has 0 aliphatic carbocycles. The standard InChI is InChI=1S/C18H21BrN4O4/c1-11(24)23-7-5-12(6-8-23)17-21-16(27-22-17)10-20-18(25)14-9-13(26-2)3-4-15(14)19/h3-4,9,12H,5-8,10H2,1-2H3,(H,20,25). The van der Waals surface area contributed by atoms with Gasteiger partial charge in [0.2, 0.25) is 11.8 Å². The number of amides is 2. The van der Waals surface area contributed by atoms with E-state index in [4.69, 9.17) is 9.26 Å². The highest BCUT2D eigenvalue weighted by Crippen LogP contribution is 2.26. The van der Waals surface area contributed by atoms with Gasteiger partial charge in [-0.3, -0.25) is 9.59 Å². The van der Waals surface area contributed by atoms with Crippen molar-refractivity contribution in [2.75, 3.05) is 20.2 Å². The second-order valence-electron chi connectivity index (χ2n) is 6.36. The van der Waals surface area contributed by atoms with Gasteiger partial charge in [-0.15, -0.1) is 0 Å². The predicted molar refractivity (Wildman–Crippen MR) is 100 cm³/mol. The van der Waals surface area contributed by atoms with Crippen LogP contribution in [0.2, 0.25) is 0 Å². The molecule has 2 aromatic rings. The molecule has 1 aromatic heterocycles. The molecule has 144 valence electrons. The SMILES string of the molecule is COc1ccc(Br)c(C(=O)NCc2nc(C3CCN(C(C)=O)CC3)no2)c1. The van der Waals surface area contributed by atoms with E-state index in [-0.39, 0.29) is 24.3 Å². The van der Waals surface area contributed by atoms with Gasteiger partial charge in [0, 0.05) is 30.4 Å². The number of likely N-dealkylation sites (tertiary alicyclic amines) is 1. The number of hydrogen-bond donors (Lipinski definition) is 1. The average molecular weight is 437 g/mol. The van der Waals surface area contributed by atoms with E-state index in [9.17, 15) is 9.59 Å². The number of carbonyl (C=O) groups is 2. The number of ether oxygens (including phenoxy) is 1. The average Bonchev–Trinajstić information content (AvgIpc) is 3.15. The van der Waals surface area contributed by atoms with Crippen LogP contribution in [0.25, 0.3) is 0 Å². The van der Waals surface area contributed by atoms with E-state index in [1.54, 1.807) is 32.2 Å². The van der Waals surface area contributed by atoms with Crippen LogP contribution in [-0.2, 0) is 11.3 Å². The van der Waals surface area contributed by atoms with Crippen molar-refractivity contribution in [2.45, 2.75) is 32.2 Å². The second-order valence-corrected chi connectivity index (χ2v) is 7.21. The van der Waals surface area contributed by atoms with E-state index < -0.39 is 0 Å². The molecule has 1 fully saturated rings. The Bertz CT molecular complexity index is 831. The van der Waals surface area contributed by atoms with E-state index in [2.05, 4.69) is 31.4 Å². The summed E-state index contributed by atoms with van der Waals surface area (Å²) in [7, 11) is 1.55. The molecule has 3 rings (SSSR count). The number of halogens is 1. The lowest BCUT2D eigenvalue weighted by Gasteiger charge is -2.29. The van der Waals surface area contributed by atoms with Gasteiger partial charge in [-0.05, 0) is 47.0 Å². The number of carbonyl (C=O) groups excluding carboxylic acids is 2. The molecule has 0 bridgehead atoms. The molecule has 0 atom stereocenters. The first-order valence-corrected chi connectivity index (χ1v) is 9.47. The zero-order chi connectivity index (χ0) is 19.4. The van der Waals surface area contributed by atoms with Crippen LogP contribution in [0.15, 0.2) is 27.2 Å². The van der Waals surface area contributed by atoms with Gasteiger partial charge in [0.1, 0.15) is 5.75 Å². The minimum Gasteiger partial charge on any atom is -0.497 e. The third-order valence-electron chi connectivity index (χ3n) is 4.61. The molecule has 1 aliphatic heterocycles. The molecule has 8 nitrogen and oxygen atoms in total. The Hall–Kier alpha value is -2.42. The number of aromatic nitrogens is 2. The van der Waals surface area contributed by atoms with Gasteiger partial charge >= 0.3 is 0 Å². The van der Waals surface area contributed by atoms with Gasteiger partial charge in [0.25, 0.3) is 5.91 Å². The topological polar surface area (TPSA) is 97.6 Å². The third-order valence-corrected chi connectivity index (χ3v) is 5.30. The van der Waals surface area contributed by atoms with E-state index in [0.29, 0.717) is 40.6 Å². The summed E-state index contributed by atoms with van der Waals surface area (Å²) in [6.45, 7) is 3.12. The lowest BCUT2D eigenvalue weighted by atomic mass is 9.96. The number of benzene rings is 1. The number of piperidine rings is 1. The minimum atomic E-state index is -0.268. The molecule has 0 unspecified atom stereocenters. The second kappa shape index (κ2) is 8.51. The highest BCUT2D eigenvalue weighted by molar-refractivity contribution is 9.10. The van der Waals surface area contributed by atoms with Crippen molar-refractivity contribution < 1.29 is 18.8 Å². The quantitative estimate of drug-likeness (QED) is 0.772. The first-order chi connectivity index (χ1) is 13.0. The fraction of sp³-hybridized carbons (Fsp3) is 0.444. The minimum absolute atomic E-state index is 0.0914. The Morgan fingerprint density at radius 3 is 2.78 bits per heavy atom. The molecule has 0 spiro atoms. The zero-order valence-corrected chi connectivity index (χ0v) is 16.8.